The molecule has 2 N–H and O–H groups in total. The van der Waals surface area contributed by atoms with Crippen LogP contribution in [0.4, 0.5) is 10.1 Å². The molecule has 1 aromatic heterocycles. The fourth-order valence-corrected chi connectivity index (χ4v) is 2.21. The van der Waals surface area contributed by atoms with Gasteiger partial charge in [-0.25, -0.2) is 9.07 Å². The van der Waals surface area contributed by atoms with E-state index in [0.717, 1.165) is 5.69 Å². The molecule has 24 heavy (non-hydrogen) atoms. The molecule has 3 aromatic rings. The van der Waals surface area contributed by atoms with Gasteiger partial charge in [0.25, 0.3) is 0 Å². The lowest BCUT2D eigenvalue weighted by atomic mass is 10.2. The Labute approximate surface area is 139 Å². The van der Waals surface area contributed by atoms with Crippen molar-refractivity contribution in [1.29, 1.82) is 0 Å². The molecule has 1 heterocycles. The number of anilines is 1. The summed E-state index contributed by atoms with van der Waals surface area (Å²) in [6.45, 7) is 4.56. The third-order valence-corrected chi connectivity index (χ3v) is 3.39. The number of benzene rings is 2. The summed E-state index contributed by atoms with van der Waals surface area (Å²) in [5.74, 6) is 0.360. The van der Waals surface area contributed by atoms with Crippen molar-refractivity contribution in [3.8, 4) is 23.1 Å². The number of nitrogens with two attached hydrogens (primary N) is 1. The zero-order valence-corrected chi connectivity index (χ0v) is 13.6. The zero-order chi connectivity index (χ0) is 17.1. The molecule has 5 nitrogen and oxygen atoms in total. The highest BCUT2D eigenvalue weighted by atomic mass is 19.1. The SMILES string of the molecule is CC(C)COc1nc(-c2ccccc2F)n(-c2ccc(N)cc2)n1. The monoisotopic (exact) mass is 326 g/mol. The van der Waals surface area contributed by atoms with Gasteiger partial charge in [0.05, 0.1) is 17.9 Å². The zero-order valence-electron chi connectivity index (χ0n) is 13.6. The van der Waals surface area contributed by atoms with Crippen molar-refractivity contribution in [2.24, 2.45) is 5.92 Å². The van der Waals surface area contributed by atoms with Gasteiger partial charge in [0.1, 0.15) is 5.82 Å². The molecule has 0 aliphatic carbocycles. The first-order chi connectivity index (χ1) is 11.5. The van der Waals surface area contributed by atoms with Gasteiger partial charge in [0, 0.05) is 5.69 Å². The molecule has 0 saturated carbocycles. The highest BCUT2D eigenvalue weighted by Crippen LogP contribution is 2.26. The van der Waals surface area contributed by atoms with Crippen LogP contribution in [0.2, 0.25) is 0 Å². The quantitative estimate of drug-likeness (QED) is 0.726. The van der Waals surface area contributed by atoms with E-state index in [-0.39, 0.29) is 11.8 Å². The van der Waals surface area contributed by atoms with Crippen molar-refractivity contribution in [1.82, 2.24) is 14.8 Å². The Kier molecular flexibility index (Phi) is 4.46. The van der Waals surface area contributed by atoms with Gasteiger partial charge in [-0.1, -0.05) is 26.0 Å². The lowest BCUT2D eigenvalue weighted by Gasteiger charge is -2.06. The van der Waals surface area contributed by atoms with E-state index in [1.54, 1.807) is 47.1 Å². The fourth-order valence-electron chi connectivity index (χ4n) is 2.21. The van der Waals surface area contributed by atoms with Gasteiger partial charge in [0.2, 0.25) is 0 Å². The molecule has 0 unspecified atom stereocenters. The van der Waals surface area contributed by atoms with E-state index in [9.17, 15) is 4.39 Å². The second kappa shape index (κ2) is 6.70. The van der Waals surface area contributed by atoms with E-state index >= 15 is 0 Å². The summed E-state index contributed by atoms with van der Waals surface area (Å²) in [4.78, 5) is 4.37. The van der Waals surface area contributed by atoms with E-state index in [0.29, 0.717) is 29.6 Å². The van der Waals surface area contributed by atoms with E-state index in [1.165, 1.54) is 6.07 Å². The van der Waals surface area contributed by atoms with Gasteiger partial charge in [-0.3, -0.25) is 0 Å². The molecule has 2 aromatic carbocycles. The lowest BCUT2D eigenvalue weighted by molar-refractivity contribution is 0.251. The van der Waals surface area contributed by atoms with Crippen LogP contribution in [0.3, 0.4) is 0 Å². The molecule has 0 fully saturated rings. The second-order valence-corrected chi connectivity index (χ2v) is 5.91. The van der Waals surface area contributed by atoms with Crippen LogP contribution in [0.25, 0.3) is 17.1 Å². The van der Waals surface area contributed by atoms with Crippen LogP contribution in [0, 0.1) is 11.7 Å². The number of nitrogens with zero attached hydrogens (tertiary/aromatic N) is 3. The fraction of sp³-hybridized carbons (Fsp3) is 0.222. The maximum atomic E-state index is 14.2. The van der Waals surface area contributed by atoms with Crippen molar-refractivity contribution in [3.63, 3.8) is 0 Å². The molecule has 6 heteroatoms. The summed E-state index contributed by atoms with van der Waals surface area (Å²) < 4.78 is 21.4. The standard InChI is InChI=1S/C18H19FN4O/c1-12(2)11-24-18-21-17(15-5-3-4-6-16(15)19)23(22-18)14-9-7-13(20)8-10-14/h3-10,12H,11,20H2,1-2H3. The summed E-state index contributed by atoms with van der Waals surface area (Å²) in [7, 11) is 0. The molecular weight excluding hydrogens is 307 g/mol. The topological polar surface area (TPSA) is 66.0 Å². The molecule has 0 saturated heterocycles. The Morgan fingerprint density at radius 2 is 1.83 bits per heavy atom. The molecule has 0 aliphatic rings. The summed E-state index contributed by atoms with van der Waals surface area (Å²) in [6, 6.07) is 13.8. The predicted octanol–water partition coefficient (Wildman–Crippen LogP) is 3.69. The molecule has 0 radical (unpaired) electrons. The normalized spacial score (nSPS) is 11.0. The Morgan fingerprint density at radius 1 is 1.12 bits per heavy atom. The minimum atomic E-state index is -0.364. The van der Waals surface area contributed by atoms with Crippen LogP contribution in [0.5, 0.6) is 6.01 Å². The van der Waals surface area contributed by atoms with Crippen molar-refractivity contribution in [2.45, 2.75) is 13.8 Å². The van der Waals surface area contributed by atoms with E-state index in [2.05, 4.69) is 10.1 Å². The van der Waals surface area contributed by atoms with Crippen LogP contribution in [-0.2, 0) is 0 Å². The first-order valence-electron chi connectivity index (χ1n) is 7.75. The molecule has 0 bridgehead atoms. The maximum absolute atomic E-state index is 14.2. The smallest absolute Gasteiger partial charge is 0.336 e. The number of ether oxygens (including phenoxy) is 1. The number of aromatic nitrogens is 3. The highest BCUT2D eigenvalue weighted by molar-refractivity contribution is 5.59. The van der Waals surface area contributed by atoms with Crippen LogP contribution in [0.15, 0.2) is 48.5 Å². The average molecular weight is 326 g/mol. The van der Waals surface area contributed by atoms with Crippen molar-refractivity contribution < 1.29 is 9.13 Å². The minimum Gasteiger partial charge on any atom is -0.462 e. The van der Waals surface area contributed by atoms with Crippen LogP contribution < -0.4 is 10.5 Å². The largest absolute Gasteiger partial charge is 0.462 e. The summed E-state index contributed by atoms with van der Waals surface area (Å²) in [5.41, 5.74) is 7.47. The molecule has 0 atom stereocenters. The average Bonchev–Trinajstić information content (AvgIpc) is 2.98. The summed E-state index contributed by atoms with van der Waals surface area (Å²) in [6.07, 6.45) is 0. The van der Waals surface area contributed by atoms with Gasteiger partial charge < -0.3 is 10.5 Å². The Morgan fingerprint density at radius 3 is 2.50 bits per heavy atom. The third kappa shape index (κ3) is 3.37. The van der Waals surface area contributed by atoms with E-state index in [4.69, 9.17) is 10.5 Å². The van der Waals surface area contributed by atoms with Crippen molar-refractivity contribution in [2.75, 3.05) is 12.3 Å². The number of hydrogen-bond donors (Lipinski definition) is 1. The number of nitrogen functional groups attached to an aromatic ring is 1. The van der Waals surface area contributed by atoms with Gasteiger partial charge in [-0.05, 0) is 42.3 Å². The summed E-state index contributed by atoms with van der Waals surface area (Å²) >= 11 is 0. The molecule has 3 rings (SSSR count). The Balaban J connectivity index is 2.08. The minimum absolute atomic E-state index is 0.221. The first-order valence-corrected chi connectivity index (χ1v) is 7.75. The van der Waals surface area contributed by atoms with Crippen LogP contribution in [-0.4, -0.2) is 21.4 Å². The Bertz CT molecular complexity index is 827. The molecule has 124 valence electrons. The Hall–Kier alpha value is -2.89. The molecule has 0 amide bonds. The van der Waals surface area contributed by atoms with Gasteiger partial charge in [-0.15, -0.1) is 5.10 Å². The summed E-state index contributed by atoms with van der Waals surface area (Å²) in [5, 5.41) is 4.38. The predicted molar refractivity (Wildman–Crippen MR) is 91.5 cm³/mol. The third-order valence-electron chi connectivity index (χ3n) is 3.39. The lowest BCUT2D eigenvalue weighted by Crippen LogP contribution is -2.06. The van der Waals surface area contributed by atoms with Crippen LogP contribution >= 0.6 is 0 Å². The van der Waals surface area contributed by atoms with E-state index in [1.807, 2.05) is 13.8 Å². The molecular formula is C18H19FN4O. The molecule has 0 aliphatic heterocycles. The van der Waals surface area contributed by atoms with Crippen molar-refractivity contribution in [3.05, 3.63) is 54.3 Å². The number of halogens is 1. The van der Waals surface area contributed by atoms with Crippen molar-refractivity contribution >= 4 is 5.69 Å². The number of hydrogen-bond acceptors (Lipinski definition) is 4. The van der Waals surface area contributed by atoms with Gasteiger partial charge in [-0.2, -0.15) is 4.98 Å². The van der Waals surface area contributed by atoms with Gasteiger partial charge >= 0.3 is 6.01 Å². The van der Waals surface area contributed by atoms with E-state index < -0.39 is 0 Å². The first kappa shape index (κ1) is 16.0. The maximum Gasteiger partial charge on any atom is 0.336 e. The number of rotatable bonds is 5. The second-order valence-electron chi connectivity index (χ2n) is 5.91. The van der Waals surface area contributed by atoms with Gasteiger partial charge in [0.15, 0.2) is 5.82 Å². The molecule has 0 spiro atoms. The highest BCUT2D eigenvalue weighted by Gasteiger charge is 2.17. The van der Waals surface area contributed by atoms with Crippen LogP contribution in [0.1, 0.15) is 13.8 Å².